The monoisotopic (exact) mass is 312 g/mol. The summed E-state index contributed by atoms with van der Waals surface area (Å²) in [5.41, 5.74) is 6.20. The van der Waals surface area contributed by atoms with E-state index in [1.165, 1.54) is 24.3 Å². The van der Waals surface area contributed by atoms with Crippen LogP contribution >= 0.6 is 0 Å². The molecule has 23 heavy (non-hydrogen) atoms. The molecule has 0 saturated heterocycles. The second-order valence-electron chi connectivity index (χ2n) is 4.92. The molecular weight excluding hydrogens is 299 g/mol. The molecule has 0 aliphatic carbocycles. The van der Waals surface area contributed by atoms with Gasteiger partial charge in [0.15, 0.2) is 5.69 Å². The lowest BCUT2D eigenvalue weighted by atomic mass is 10.1. The molecular formula is C16H13FN4O2. The number of carbonyl (C=O) groups excluding carboxylic acids is 2. The van der Waals surface area contributed by atoms with E-state index in [2.05, 4.69) is 21.0 Å². The van der Waals surface area contributed by atoms with Gasteiger partial charge in [-0.25, -0.2) is 4.39 Å². The lowest BCUT2D eigenvalue weighted by Gasteiger charge is -2.06. The summed E-state index contributed by atoms with van der Waals surface area (Å²) >= 11 is 0. The Morgan fingerprint density at radius 3 is 2.57 bits per heavy atom. The second kappa shape index (κ2) is 6.27. The number of nitrogens with one attached hydrogen (secondary N) is 3. The van der Waals surface area contributed by atoms with Gasteiger partial charge in [0.1, 0.15) is 5.82 Å². The highest BCUT2D eigenvalue weighted by atomic mass is 19.1. The third kappa shape index (κ3) is 3.34. The number of amides is 2. The van der Waals surface area contributed by atoms with E-state index in [9.17, 15) is 14.0 Å². The summed E-state index contributed by atoms with van der Waals surface area (Å²) in [4.78, 5) is 23.9. The van der Waals surface area contributed by atoms with Gasteiger partial charge < -0.3 is 0 Å². The van der Waals surface area contributed by atoms with Crippen molar-refractivity contribution in [2.24, 2.45) is 0 Å². The first kappa shape index (κ1) is 14.7. The number of hydrogen-bond acceptors (Lipinski definition) is 3. The third-order valence-electron chi connectivity index (χ3n) is 3.28. The van der Waals surface area contributed by atoms with Crippen LogP contribution in [0.1, 0.15) is 16.1 Å². The van der Waals surface area contributed by atoms with Gasteiger partial charge in [-0.15, -0.1) is 0 Å². The molecule has 0 saturated carbocycles. The fraction of sp³-hybridized carbons (Fsp3) is 0.0625. The highest BCUT2D eigenvalue weighted by molar-refractivity contribution is 6.05. The maximum atomic E-state index is 12.8. The molecule has 0 aliphatic rings. The molecule has 0 radical (unpaired) electrons. The van der Waals surface area contributed by atoms with Crippen molar-refractivity contribution in [3.8, 4) is 0 Å². The number of carbonyl (C=O) groups is 2. The summed E-state index contributed by atoms with van der Waals surface area (Å²) in [6, 6.07) is 12.7. The molecule has 3 rings (SSSR count). The van der Waals surface area contributed by atoms with E-state index in [0.29, 0.717) is 10.9 Å². The molecule has 3 N–H and O–H groups in total. The van der Waals surface area contributed by atoms with Crippen molar-refractivity contribution in [1.29, 1.82) is 0 Å². The van der Waals surface area contributed by atoms with E-state index < -0.39 is 11.8 Å². The van der Waals surface area contributed by atoms with Crippen molar-refractivity contribution in [2.45, 2.75) is 6.42 Å². The van der Waals surface area contributed by atoms with Crippen LogP contribution in [-0.4, -0.2) is 22.0 Å². The fourth-order valence-corrected chi connectivity index (χ4v) is 2.15. The molecule has 7 heteroatoms. The first-order chi connectivity index (χ1) is 11.1. The lowest BCUT2D eigenvalue weighted by Crippen LogP contribution is -2.42. The number of nitrogens with zero attached hydrogens (tertiary/aromatic N) is 1. The van der Waals surface area contributed by atoms with Crippen molar-refractivity contribution >= 4 is 22.7 Å². The number of aromatic amines is 1. The van der Waals surface area contributed by atoms with Gasteiger partial charge in [-0.05, 0) is 23.8 Å². The number of rotatable bonds is 3. The molecule has 2 aromatic carbocycles. The van der Waals surface area contributed by atoms with Gasteiger partial charge in [-0.3, -0.25) is 25.5 Å². The Kier molecular flexibility index (Phi) is 4.01. The predicted octanol–water partition coefficient (Wildman–Crippen LogP) is 1.71. The molecule has 0 spiro atoms. The van der Waals surface area contributed by atoms with Crippen LogP contribution in [0.25, 0.3) is 10.9 Å². The summed E-state index contributed by atoms with van der Waals surface area (Å²) in [6.07, 6.45) is 0.0296. The molecule has 116 valence electrons. The molecule has 0 unspecified atom stereocenters. The van der Waals surface area contributed by atoms with Crippen molar-refractivity contribution in [2.75, 3.05) is 0 Å². The van der Waals surface area contributed by atoms with Crippen LogP contribution in [0.4, 0.5) is 4.39 Å². The maximum absolute atomic E-state index is 12.8. The zero-order valence-electron chi connectivity index (χ0n) is 12.0. The number of halogens is 1. The Bertz CT molecular complexity index is 858. The van der Waals surface area contributed by atoms with Gasteiger partial charge in [0, 0.05) is 5.39 Å². The average Bonchev–Trinajstić information content (AvgIpc) is 2.99. The number of fused-ring (bicyclic) bond motifs is 1. The third-order valence-corrected chi connectivity index (χ3v) is 3.28. The van der Waals surface area contributed by atoms with E-state index >= 15 is 0 Å². The SMILES string of the molecule is O=C(Cc1ccc(F)cc1)NNC(=O)c1n[nH]c2ccccc12. The Hall–Kier alpha value is -3.22. The zero-order valence-corrected chi connectivity index (χ0v) is 12.0. The average molecular weight is 312 g/mol. The number of H-pyrrole nitrogens is 1. The molecule has 6 nitrogen and oxygen atoms in total. The summed E-state index contributed by atoms with van der Waals surface area (Å²) in [7, 11) is 0. The van der Waals surface area contributed by atoms with Crippen LogP contribution < -0.4 is 10.9 Å². The van der Waals surface area contributed by atoms with Crippen LogP contribution in [0.5, 0.6) is 0 Å². The van der Waals surface area contributed by atoms with E-state index in [1.54, 1.807) is 18.2 Å². The summed E-state index contributed by atoms with van der Waals surface area (Å²) < 4.78 is 12.8. The highest BCUT2D eigenvalue weighted by Crippen LogP contribution is 2.14. The van der Waals surface area contributed by atoms with E-state index in [4.69, 9.17) is 0 Å². The van der Waals surface area contributed by atoms with E-state index in [-0.39, 0.29) is 17.9 Å². The van der Waals surface area contributed by atoms with Crippen molar-refractivity contribution in [3.05, 3.63) is 65.6 Å². The minimum atomic E-state index is -0.519. The largest absolute Gasteiger partial charge is 0.290 e. The smallest absolute Gasteiger partial charge is 0.277 e. The van der Waals surface area contributed by atoms with Gasteiger partial charge in [-0.1, -0.05) is 30.3 Å². The van der Waals surface area contributed by atoms with Crippen LogP contribution in [0.3, 0.4) is 0 Å². The number of para-hydroxylation sites is 1. The minimum absolute atomic E-state index is 0.0296. The quantitative estimate of drug-likeness (QED) is 0.643. The van der Waals surface area contributed by atoms with Crippen LogP contribution in [0.15, 0.2) is 48.5 Å². The van der Waals surface area contributed by atoms with Crippen molar-refractivity contribution in [1.82, 2.24) is 21.0 Å². The zero-order chi connectivity index (χ0) is 16.2. The molecule has 1 heterocycles. The Morgan fingerprint density at radius 2 is 1.78 bits per heavy atom. The minimum Gasteiger partial charge on any atom is -0.277 e. The Morgan fingerprint density at radius 1 is 1.04 bits per heavy atom. The summed E-state index contributed by atoms with van der Waals surface area (Å²) in [5.74, 6) is -1.30. The van der Waals surface area contributed by atoms with Gasteiger partial charge in [0.25, 0.3) is 5.91 Å². The molecule has 0 atom stereocenters. The van der Waals surface area contributed by atoms with E-state index in [1.807, 2.05) is 6.07 Å². The second-order valence-corrected chi connectivity index (χ2v) is 4.92. The van der Waals surface area contributed by atoms with Gasteiger partial charge >= 0.3 is 0 Å². The fourth-order valence-electron chi connectivity index (χ4n) is 2.15. The number of aromatic nitrogens is 2. The molecule has 2 amide bonds. The first-order valence-corrected chi connectivity index (χ1v) is 6.90. The Balaban J connectivity index is 1.60. The van der Waals surface area contributed by atoms with Gasteiger partial charge in [-0.2, -0.15) is 5.10 Å². The standard InChI is InChI=1S/C16H13FN4O2/c17-11-7-5-10(6-8-11)9-14(22)19-21-16(23)15-12-3-1-2-4-13(12)18-20-15/h1-8H,9H2,(H,18,20)(H,19,22)(H,21,23). The van der Waals surface area contributed by atoms with Crippen molar-refractivity contribution in [3.63, 3.8) is 0 Å². The number of hydrogen-bond donors (Lipinski definition) is 3. The van der Waals surface area contributed by atoms with Gasteiger partial charge in [0.2, 0.25) is 5.91 Å². The van der Waals surface area contributed by atoms with Gasteiger partial charge in [0.05, 0.1) is 11.9 Å². The molecule has 0 aliphatic heterocycles. The molecule has 3 aromatic rings. The van der Waals surface area contributed by atoms with E-state index in [0.717, 1.165) is 5.52 Å². The molecule has 0 fully saturated rings. The summed E-state index contributed by atoms with van der Waals surface area (Å²) in [5, 5.41) is 7.34. The normalized spacial score (nSPS) is 10.5. The van der Waals surface area contributed by atoms with Crippen molar-refractivity contribution < 1.29 is 14.0 Å². The van der Waals surface area contributed by atoms with Crippen LogP contribution in [0.2, 0.25) is 0 Å². The number of hydrazine groups is 1. The lowest BCUT2D eigenvalue weighted by molar-refractivity contribution is -0.121. The maximum Gasteiger partial charge on any atom is 0.290 e. The Labute approximate surface area is 130 Å². The van der Waals surface area contributed by atoms with Crippen LogP contribution in [-0.2, 0) is 11.2 Å². The molecule has 1 aromatic heterocycles. The summed E-state index contributed by atoms with van der Waals surface area (Å²) in [6.45, 7) is 0. The number of benzene rings is 2. The predicted molar refractivity (Wildman–Crippen MR) is 81.8 cm³/mol. The first-order valence-electron chi connectivity index (χ1n) is 6.90. The topological polar surface area (TPSA) is 86.9 Å². The molecule has 0 bridgehead atoms. The van der Waals surface area contributed by atoms with Crippen LogP contribution in [0, 0.1) is 5.82 Å². The highest BCUT2D eigenvalue weighted by Gasteiger charge is 2.14.